The predicted octanol–water partition coefficient (Wildman–Crippen LogP) is 1.71. The number of nitrogens with zero attached hydrogens (tertiary/aromatic N) is 4. The van der Waals surface area contributed by atoms with Gasteiger partial charge in [-0.1, -0.05) is 0 Å². The van der Waals surface area contributed by atoms with E-state index in [4.69, 9.17) is 4.18 Å². The van der Waals surface area contributed by atoms with Gasteiger partial charge in [-0.2, -0.15) is 8.42 Å². The molecule has 3 rings (SSSR count). The summed E-state index contributed by atoms with van der Waals surface area (Å²) >= 11 is 0. The van der Waals surface area contributed by atoms with Gasteiger partial charge < -0.3 is 4.18 Å². The number of hydrogen-bond acceptors (Lipinski definition) is 6. The minimum Gasteiger partial charge on any atom is -0.379 e. The van der Waals surface area contributed by atoms with Crippen molar-refractivity contribution in [3.63, 3.8) is 0 Å². The van der Waals surface area contributed by atoms with E-state index in [9.17, 15) is 17.2 Å². The van der Waals surface area contributed by atoms with Crippen molar-refractivity contribution in [1.82, 2.24) is 20.2 Å². The standard InChI is InChI=1S/C13H8F2N4O3S/c14-9-1-6-13(12(15)7-9)23(20,21)22-11-4-2-10(3-5-11)19-8-16-17-18-19/h1-8H. The lowest BCUT2D eigenvalue weighted by molar-refractivity contribution is 0.474. The van der Waals surface area contributed by atoms with E-state index in [2.05, 4.69) is 15.5 Å². The Kier molecular flexibility index (Phi) is 3.74. The molecule has 0 unspecified atom stereocenters. The summed E-state index contributed by atoms with van der Waals surface area (Å²) in [5.74, 6) is -2.15. The Balaban J connectivity index is 1.86. The fourth-order valence-electron chi connectivity index (χ4n) is 1.78. The predicted molar refractivity (Wildman–Crippen MR) is 73.3 cm³/mol. The average Bonchev–Trinajstić information content (AvgIpc) is 3.01. The zero-order valence-electron chi connectivity index (χ0n) is 11.3. The zero-order chi connectivity index (χ0) is 16.4. The molecule has 7 nitrogen and oxygen atoms in total. The quantitative estimate of drug-likeness (QED) is 0.673. The van der Waals surface area contributed by atoms with Gasteiger partial charge in [0.2, 0.25) is 0 Å². The highest BCUT2D eigenvalue weighted by Gasteiger charge is 2.22. The molecule has 0 aliphatic carbocycles. The maximum absolute atomic E-state index is 13.6. The zero-order valence-corrected chi connectivity index (χ0v) is 12.1. The van der Waals surface area contributed by atoms with E-state index in [0.717, 1.165) is 12.1 Å². The van der Waals surface area contributed by atoms with E-state index in [1.807, 2.05) is 0 Å². The summed E-state index contributed by atoms with van der Waals surface area (Å²) in [7, 11) is -4.42. The van der Waals surface area contributed by atoms with Gasteiger partial charge in [0, 0.05) is 6.07 Å². The Labute approximate surface area is 129 Å². The largest absolute Gasteiger partial charge is 0.379 e. The normalized spacial score (nSPS) is 11.4. The molecule has 0 saturated carbocycles. The molecule has 0 amide bonds. The maximum Gasteiger partial charge on any atom is 0.342 e. The van der Waals surface area contributed by atoms with Crippen LogP contribution in [0.5, 0.6) is 5.75 Å². The third-order valence-corrected chi connectivity index (χ3v) is 4.10. The van der Waals surface area contributed by atoms with Crippen molar-refractivity contribution in [1.29, 1.82) is 0 Å². The van der Waals surface area contributed by atoms with Crippen molar-refractivity contribution in [3.8, 4) is 11.4 Å². The molecule has 23 heavy (non-hydrogen) atoms. The summed E-state index contributed by atoms with van der Waals surface area (Å²) in [6, 6.07) is 7.85. The Morgan fingerprint density at radius 3 is 2.39 bits per heavy atom. The first kappa shape index (κ1) is 15.0. The van der Waals surface area contributed by atoms with E-state index < -0.39 is 26.6 Å². The van der Waals surface area contributed by atoms with Crippen LogP contribution in [0, 0.1) is 11.6 Å². The summed E-state index contributed by atoms with van der Waals surface area (Å²) in [5, 5.41) is 10.6. The minimum atomic E-state index is -4.42. The Morgan fingerprint density at radius 1 is 1.04 bits per heavy atom. The van der Waals surface area contributed by atoms with Gasteiger partial charge in [-0.15, -0.1) is 5.10 Å². The molecule has 0 fully saturated rings. The van der Waals surface area contributed by atoms with Gasteiger partial charge in [0.25, 0.3) is 0 Å². The summed E-state index contributed by atoms with van der Waals surface area (Å²) in [5.41, 5.74) is 0.577. The lowest BCUT2D eigenvalue weighted by atomic mass is 10.3. The molecule has 0 spiro atoms. The van der Waals surface area contributed by atoms with Crippen molar-refractivity contribution < 1.29 is 21.4 Å². The summed E-state index contributed by atoms with van der Waals surface area (Å²) in [4.78, 5) is -0.747. The number of rotatable bonds is 4. The van der Waals surface area contributed by atoms with Crippen molar-refractivity contribution >= 4 is 10.1 Å². The van der Waals surface area contributed by atoms with Crippen molar-refractivity contribution in [2.75, 3.05) is 0 Å². The molecule has 1 aromatic heterocycles. The van der Waals surface area contributed by atoms with Crippen LogP contribution in [0.25, 0.3) is 5.69 Å². The van der Waals surface area contributed by atoms with Crippen LogP contribution in [-0.2, 0) is 10.1 Å². The van der Waals surface area contributed by atoms with Gasteiger partial charge in [-0.25, -0.2) is 13.5 Å². The topological polar surface area (TPSA) is 87.0 Å². The molecule has 0 bridgehead atoms. The van der Waals surface area contributed by atoms with E-state index in [0.29, 0.717) is 11.8 Å². The second-order valence-corrected chi connectivity index (χ2v) is 5.88. The third kappa shape index (κ3) is 3.16. The maximum atomic E-state index is 13.6. The smallest absolute Gasteiger partial charge is 0.342 e. The molecule has 118 valence electrons. The summed E-state index contributed by atoms with van der Waals surface area (Å²) < 4.78 is 56.7. The highest BCUT2D eigenvalue weighted by atomic mass is 32.2. The van der Waals surface area contributed by atoms with Gasteiger partial charge in [-0.05, 0) is 46.8 Å². The third-order valence-electron chi connectivity index (χ3n) is 2.82. The van der Waals surface area contributed by atoms with E-state index in [1.54, 1.807) is 0 Å². The van der Waals surface area contributed by atoms with Crippen LogP contribution in [0.3, 0.4) is 0 Å². The van der Waals surface area contributed by atoms with E-state index in [-0.39, 0.29) is 5.75 Å². The van der Waals surface area contributed by atoms with Gasteiger partial charge >= 0.3 is 10.1 Å². The first-order valence-corrected chi connectivity index (χ1v) is 7.59. The average molecular weight is 338 g/mol. The van der Waals surface area contributed by atoms with Crippen LogP contribution >= 0.6 is 0 Å². The molecule has 0 aliphatic rings. The Hall–Kier alpha value is -2.88. The van der Waals surface area contributed by atoms with Crippen molar-refractivity contribution in [3.05, 3.63) is 60.4 Å². The van der Waals surface area contributed by atoms with Crippen LogP contribution in [0.4, 0.5) is 8.78 Å². The molecular weight excluding hydrogens is 330 g/mol. The Bertz CT molecular complexity index is 928. The van der Waals surface area contributed by atoms with Crippen molar-refractivity contribution in [2.45, 2.75) is 4.90 Å². The van der Waals surface area contributed by atoms with Gasteiger partial charge in [0.1, 0.15) is 28.6 Å². The van der Waals surface area contributed by atoms with E-state index >= 15 is 0 Å². The second kappa shape index (κ2) is 5.72. The van der Waals surface area contributed by atoms with Crippen LogP contribution in [-0.4, -0.2) is 28.6 Å². The number of aromatic nitrogens is 4. The van der Waals surface area contributed by atoms with Gasteiger partial charge in [-0.3, -0.25) is 0 Å². The van der Waals surface area contributed by atoms with Crippen molar-refractivity contribution in [2.24, 2.45) is 0 Å². The first-order valence-electron chi connectivity index (χ1n) is 6.19. The molecule has 3 aromatic rings. The van der Waals surface area contributed by atoms with Gasteiger partial charge in [0.15, 0.2) is 0 Å². The number of halogens is 2. The SMILES string of the molecule is O=S(=O)(Oc1ccc(-n2cnnn2)cc1)c1ccc(F)cc1F. The molecule has 2 aromatic carbocycles. The molecular formula is C13H8F2N4O3S. The highest BCUT2D eigenvalue weighted by molar-refractivity contribution is 7.87. The number of tetrazole rings is 1. The Morgan fingerprint density at radius 2 is 1.78 bits per heavy atom. The summed E-state index contributed by atoms with van der Waals surface area (Å²) in [6.45, 7) is 0. The monoisotopic (exact) mass is 338 g/mol. The minimum absolute atomic E-state index is 0.0365. The molecule has 0 saturated heterocycles. The lowest BCUT2D eigenvalue weighted by Gasteiger charge is -2.08. The molecule has 0 N–H and O–H groups in total. The van der Waals surface area contributed by atoms with Crippen LogP contribution in [0.2, 0.25) is 0 Å². The van der Waals surface area contributed by atoms with Gasteiger partial charge in [0.05, 0.1) is 5.69 Å². The molecule has 0 radical (unpaired) electrons. The molecule has 0 aliphatic heterocycles. The molecule has 10 heteroatoms. The number of hydrogen-bond donors (Lipinski definition) is 0. The second-order valence-electron chi connectivity index (χ2n) is 4.36. The van der Waals surface area contributed by atoms with E-state index in [1.165, 1.54) is 35.3 Å². The lowest BCUT2D eigenvalue weighted by Crippen LogP contribution is -2.12. The van der Waals surface area contributed by atoms with Crippen LogP contribution in [0.15, 0.2) is 53.7 Å². The molecule has 0 atom stereocenters. The fraction of sp³-hybridized carbons (Fsp3) is 0. The first-order chi connectivity index (χ1) is 11.0. The number of benzene rings is 2. The fourth-order valence-corrected chi connectivity index (χ4v) is 2.77. The summed E-state index contributed by atoms with van der Waals surface area (Å²) in [6.07, 6.45) is 1.36. The molecule has 1 heterocycles. The van der Waals surface area contributed by atoms with Crippen LogP contribution < -0.4 is 4.18 Å². The van der Waals surface area contributed by atoms with Crippen LogP contribution in [0.1, 0.15) is 0 Å². The highest BCUT2D eigenvalue weighted by Crippen LogP contribution is 2.22.